The van der Waals surface area contributed by atoms with Crippen LogP contribution in [-0.4, -0.2) is 36.5 Å². The zero-order chi connectivity index (χ0) is 15.7. The lowest BCUT2D eigenvalue weighted by Crippen LogP contribution is -2.34. The summed E-state index contributed by atoms with van der Waals surface area (Å²) in [6.45, 7) is 2.05. The van der Waals surface area contributed by atoms with E-state index in [4.69, 9.17) is 22.1 Å². The molecule has 22 heavy (non-hydrogen) atoms. The highest BCUT2D eigenvalue weighted by atomic mass is 79.9. The lowest BCUT2D eigenvalue weighted by molar-refractivity contribution is -0.131. The third-order valence-corrected chi connectivity index (χ3v) is 5.59. The van der Waals surface area contributed by atoms with E-state index in [2.05, 4.69) is 15.9 Å². The maximum atomic E-state index is 12.3. The fourth-order valence-electron chi connectivity index (χ4n) is 3.51. The molecule has 6 heteroatoms. The molecule has 0 bridgehead atoms. The largest absolute Gasteiger partial charge is 0.492 e. The number of nitrogens with two attached hydrogens (primary N) is 1. The second-order valence-electron chi connectivity index (χ2n) is 6.14. The summed E-state index contributed by atoms with van der Waals surface area (Å²) in [5.41, 5.74) is 6.11. The molecule has 0 radical (unpaired) electrons. The normalized spacial score (nSPS) is 27.0. The third-order valence-electron chi connectivity index (χ3n) is 4.73. The molecule has 120 valence electrons. The maximum absolute atomic E-state index is 12.3. The van der Waals surface area contributed by atoms with Crippen LogP contribution < -0.4 is 10.5 Å². The minimum absolute atomic E-state index is 0.159. The van der Waals surface area contributed by atoms with Gasteiger partial charge in [-0.05, 0) is 58.8 Å². The predicted octanol–water partition coefficient (Wildman–Crippen LogP) is 3.07. The van der Waals surface area contributed by atoms with Crippen molar-refractivity contribution in [1.29, 1.82) is 0 Å². The first-order valence-electron chi connectivity index (χ1n) is 7.66. The molecule has 3 unspecified atom stereocenters. The molecule has 1 aliphatic heterocycles. The molecule has 0 aromatic heterocycles. The molecular formula is C16H20BrClN2O2. The van der Waals surface area contributed by atoms with Gasteiger partial charge in [0.05, 0.1) is 17.5 Å². The monoisotopic (exact) mass is 386 g/mol. The van der Waals surface area contributed by atoms with Gasteiger partial charge < -0.3 is 15.4 Å². The lowest BCUT2D eigenvalue weighted by Gasteiger charge is -2.19. The van der Waals surface area contributed by atoms with Crippen LogP contribution in [0, 0.1) is 11.8 Å². The van der Waals surface area contributed by atoms with Gasteiger partial charge >= 0.3 is 0 Å². The Morgan fingerprint density at radius 2 is 2.23 bits per heavy atom. The van der Waals surface area contributed by atoms with Gasteiger partial charge in [0.15, 0.2) is 0 Å². The molecule has 1 saturated heterocycles. The van der Waals surface area contributed by atoms with Crippen LogP contribution >= 0.6 is 27.5 Å². The molecular weight excluding hydrogens is 368 g/mol. The van der Waals surface area contributed by atoms with Crippen molar-refractivity contribution in [2.45, 2.75) is 25.3 Å². The van der Waals surface area contributed by atoms with Gasteiger partial charge in [0.1, 0.15) is 5.75 Å². The number of hydrogen-bond donors (Lipinski definition) is 1. The number of likely N-dealkylation sites (tertiary alicyclic amines) is 1. The number of rotatable bonds is 4. The SMILES string of the molecule is NC1CCC2CN(C(=O)CCOc3ccc(Cl)cc3Br)CC12. The Morgan fingerprint density at radius 3 is 2.95 bits per heavy atom. The van der Waals surface area contributed by atoms with Crippen molar-refractivity contribution >= 4 is 33.4 Å². The van der Waals surface area contributed by atoms with Gasteiger partial charge in [-0.25, -0.2) is 0 Å². The topological polar surface area (TPSA) is 55.6 Å². The van der Waals surface area contributed by atoms with E-state index in [0.29, 0.717) is 35.6 Å². The van der Waals surface area contributed by atoms with Crippen molar-refractivity contribution in [1.82, 2.24) is 4.90 Å². The summed E-state index contributed by atoms with van der Waals surface area (Å²) in [6, 6.07) is 5.62. The minimum atomic E-state index is 0.159. The van der Waals surface area contributed by atoms with Crippen LogP contribution in [-0.2, 0) is 4.79 Å². The van der Waals surface area contributed by atoms with Crippen LogP contribution in [0.1, 0.15) is 19.3 Å². The van der Waals surface area contributed by atoms with Gasteiger partial charge in [-0.3, -0.25) is 4.79 Å². The zero-order valence-corrected chi connectivity index (χ0v) is 14.6. The van der Waals surface area contributed by atoms with E-state index in [-0.39, 0.29) is 11.9 Å². The molecule has 2 aliphatic rings. The average Bonchev–Trinajstić information content (AvgIpc) is 3.04. The highest BCUT2D eigenvalue weighted by Gasteiger charge is 2.42. The summed E-state index contributed by atoms with van der Waals surface area (Å²) < 4.78 is 6.46. The second kappa shape index (κ2) is 6.77. The van der Waals surface area contributed by atoms with Crippen molar-refractivity contribution in [2.75, 3.05) is 19.7 Å². The van der Waals surface area contributed by atoms with Crippen LogP contribution in [0.15, 0.2) is 22.7 Å². The highest BCUT2D eigenvalue weighted by molar-refractivity contribution is 9.10. The first kappa shape index (κ1) is 16.1. The number of amides is 1. The molecule has 3 rings (SSSR count). The first-order chi connectivity index (χ1) is 10.5. The number of carbonyl (C=O) groups excluding carboxylic acids is 1. The number of fused-ring (bicyclic) bond motifs is 1. The number of carbonyl (C=O) groups is 1. The van der Waals surface area contributed by atoms with Crippen LogP contribution in [0.4, 0.5) is 0 Å². The summed E-state index contributed by atoms with van der Waals surface area (Å²) in [6.07, 6.45) is 2.65. The Hall–Kier alpha value is -0.780. The molecule has 1 saturated carbocycles. The Morgan fingerprint density at radius 1 is 1.41 bits per heavy atom. The molecule has 4 nitrogen and oxygen atoms in total. The maximum Gasteiger partial charge on any atom is 0.226 e. The molecule has 1 aromatic carbocycles. The number of nitrogens with zero attached hydrogens (tertiary/aromatic N) is 1. The van der Waals surface area contributed by atoms with Gasteiger partial charge in [-0.1, -0.05) is 11.6 Å². The molecule has 1 aliphatic carbocycles. The van der Waals surface area contributed by atoms with Crippen molar-refractivity contribution in [3.8, 4) is 5.75 Å². The van der Waals surface area contributed by atoms with E-state index < -0.39 is 0 Å². The van der Waals surface area contributed by atoms with Crippen LogP contribution in [0.25, 0.3) is 0 Å². The molecule has 0 spiro atoms. The summed E-state index contributed by atoms with van der Waals surface area (Å²) in [5, 5.41) is 0.648. The van der Waals surface area contributed by atoms with Crippen LogP contribution in [0.2, 0.25) is 5.02 Å². The van der Waals surface area contributed by atoms with Gasteiger partial charge in [-0.2, -0.15) is 0 Å². The smallest absolute Gasteiger partial charge is 0.226 e. The predicted molar refractivity (Wildman–Crippen MR) is 90.0 cm³/mol. The molecule has 3 atom stereocenters. The van der Waals surface area contributed by atoms with Crippen molar-refractivity contribution in [2.24, 2.45) is 17.6 Å². The standard InChI is InChI=1S/C16H20BrClN2O2/c17-13-7-11(18)2-4-15(13)22-6-5-16(21)20-8-10-1-3-14(19)12(10)9-20/h2,4,7,10,12,14H,1,3,5-6,8-9,19H2. The van der Waals surface area contributed by atoms with E-state index in [1.54, 1.807) is 18.2 Å². The van der Waals surface area contributed by atoms with Crippen LogP contribution in [0.5, 0.6) is 5.75 Å². The summed E-state index contributed by atoms with van der Waals surface area (Å²) >= 11 is 9.29. The van der Waals surface area contributed by atoms with E-state index in [1.165, 1.54) is 0 Å². The van der Waals surface area contributed by atoms with E-state index in [9.17, 15) is 4.79 Å². The summed E-state index contributed by atoms with van der Waals surface area (Å²) in [7, 11) is 0. The van der Waals surface area contributed by atoms with Crippen molar-refractivity contribution < 1.29 is 9.53 Å². The van der Waals surface area contributed by atoms with Gasteiger partial charge in [-0.15, -0.1) is 0 Å². The second-order valence-corrected chi connectivity index (χ2v) is 7.43. The quantitative estimate of drug-likeness (QED) is 0.864. The number of halogens is 2. The lowest BCUT2D eigenvalue weighted by atomic mass is 9.98. The minimum Gasteiger partial charge on any atom is -0.492 e. The van der Waals surface area contributed by atoms with Crippen molar-refractivity contribution in [3.63, 3.8) is 0 Å². The molecule has 2 fully saturated rings. The number of ether oxygens (including phenoxy) is 1. The fraction of sp³-hybridized carbons (Fsp3) is 0.562. The van der Waals surface area contributed by atoms with Crippen LogP contribution in [0.3, 0.4) is 0 Å². The molecule has 1 heterocycles. The average molecular weight is 388 g/mol. The summed E-state index contributed by atoms with van der Waals surface area (Å²) in [5.74, 6) is 1.96. The fourth-order valence-corrected chi connectivity index (χ4v) is 4.31. The van der Waals surface area contributed by atoms with Crippen molar-refractivity contribution in [3.05, 3.63) is 27.7 Å². The number of benzene rings is 1. The van der Waals surface area contributed by atoms with E-state index in [1.807, 2.05) is 4.90 Å². The van der Waals surface area contributed by atoms with Gasteiger partial charge in [0.2, 0.25) is 5.91 Å². The molecule has 1 aromatic rings. The Labute approximate surface area is 144 Å². The molecule has 1 amide bonds. The Bertz CT molecular complexity index is 569. The zero-order valence-electron chi connectivity index (χ0n) is 12.3. The van der Waals surface area contributed by atoms with E-state index in [0.717, 1.165) is 30.4 Å². The van der Waals surface area contributed by atoms with E-state index >= 15 is 0 Å². The first-order valence-corrected chi connectivity index (χ1v) is 8.83. The number of hydrogen-bond acceptors (Lipinski definition) is 3. The Kier molecular flexibility index (Phi) is 4.95. The van der Waals surface area contributed by atoms with Gasteiger partial charge in [0, 0.05) is 24.2 Å². The van der Waals surface area contributed by atoms with Gasteiger partial charge in [0.25, 0.3) is 0 Å². The molecule has 2 N–H and O–H groups in total. The summed E-state index contributed by atoms with van der Waals surface area (Å²) in [4.78, 5) is 14.2. The Balaban J connectivity index is 1.47. The highest BCUT2D eigenvalue weighted by Crippen LogP contribution is 2.37. The third kappa shape index (κ3) is 3.42.